The number of hydrogen-bond acceptors (Lipinski definition) is 3. The first-order chi connectivity index (χ1) is 13.4. The molecule has 0 unspecified atom stereocenters. The zero-order valence-corrected chi connectivity index (χ0v) is 16.9. The van der Waals surface area contributed by atoms with Crippen LogP contribution in [0.5, 0.6) is 5.75 Å². The number of aromatic nitrogens is 2. The van der Waals surface area contributed by atoms with Crippen LogP contribution in [0.3, 0.4) is 0 Å². The quantitative estimate of drug-likeness (QED) is 0.501. The molecule has 0 aliphatic rings. The minimum atomic E-state index is -2.62. The minimum absolute atomic E-state index is 0.142. The number of imidazole rings is 1. The van der Waals surface area contributed by atoms with Crippen LogP contribution in [0.2, 0.25) is 0 Å². The third kappa shape index (κ3) is 6.51. The van der Waals surface area contributed by atoms with Gasteiger partial charge in [-0.1, -0.05) is 26.0 Å². The van der Waals surface area contributed by atoms with Crippen LogP contribution in [0, 0.1) is 12.8 Å². The Hall–Kier alpha value is -2.64. The Morgan fingerprint density at radius 1 is 1.25 bits per heavy atom. The molecule has 0 aliphatic carbocycles. The van der Waals surface area contributed by atoms with Gasteiger partial charge in [0, 0.05) is 31.5 Å². The lowest BCUT2D eigenvalue weighted by molar-refractivity contribution is 0.0668. The van der Waals surface area contributed by atoms with Gasteiger partial charge < -0.3 is 15.4 Å². The van der Waals surface area contributed by atoms with Crippen LogP contribution in [0.15, 0.2) is 35.6 Å². The number of nitrogens with zero attached hydrogens (tertiary/aromatic N) is 3. The van der Waals surface area contributed by atoms with E-state index in [1.54, 1.807) is 7.05 Å². The lowest BCUT2D eigenvalue weighted by atomic mass is 10.1. The molecule has 0 amide bonds. The first-order valence-electron chi connectivity index (χ1n) is 9.37. The summed E-state index contributed by atoms with van der Waals surface area (Å²) >= 11 is 0. The molecule has 0 saturated heterocycles. The Morgan fingerprint density at radius 2 is 2.00 bits per heavy atom. The van der Waals surface area contributed by atoms with Gasteiger partial charge in [0.05, 0.1) is 13.2 Å². The van der Waals surface area contributed by atoms with Gasteiger partial charge in [-0.2, -0.15) is 8.78 Å². The van der Waals surface area contributed by atoms with Crippen LogP contribution in [0.4, 0.5) is 8.78 Å². The van der Waals surface area contributed by atoms with Crippen molar-refractivity contribution < 1.29 is 13.5 Å². The molecule has 0 fully saturated rings. The van der Waals surface area contributed by atoms with Crippen LogP contribution < -0.4 is 15.4 Å². The monoisotopic (exact) mass is 393 g/mol. The fourth-order valence-corrected chi connectivity index (χ4v) is 2.57. The summed E-state index contributed by atoms with van der Waals surface area (Å²) in [5.74, 6) is 2.16. The minimum Gasteiger partial charge on any atom is -0.493 e. The summed E-state index contributed by atoms with van der Waals surface area (Å²) in [4.78, 5) is 8.09. The van der Waals surface area contributed by atoms with Crippen LogP contribution in [-0.4, -0.2) is 29.2 Å². The third-order valence-corrected chi connectivity index (χ3v) is 4.22. The number of guanidine groups is 1. The SMILES string of the molecule is CN=C(NCc1ccc(C)cc1OCCC(C)C)NCc1nccn1C(F)F. The Kier molecular flexibility index (Phi) is 8.22. The predicted octanol–water partition coefficient (Wildman–Crippen LogP) is 3.88. The molecule has 28 heavy (non-hydrogen) atoms. The molecule has 1 heterocycles. The van der Waals surface area contributed by atoms with Crippen molar-refractivity contribution >= 4 is 5.96 Å². The maximum absolute atomic E-state index is 12.9. The maximum Gasteiger partial charge on any atom is 0.319 e. The summed E-state index contributed by atoms with van der Waals surface area (Å²) in [5.41, 5.74) is 2.14. The first kappa shape index (κ1) is 21.7. The van der Waals surface area contributed by atoms with E-state index in [0.29, 0.717) is 25.0 Å². The van der Waals surface area contributed by atoms with Crippen molar-refractivity contribution in [1.82, 2.24) is 20.2 Å². The number of benzene rings is 1. The van der Waals surface area contributed by atoms with Gasteiger partial charge in [0.1, 0.15) is 11.6 Å². The van der Waals surface area contributed by atoms with Crippen LogP contribution in [-0.2, 0) is 13.1 Å². The number of ether oxygens (including phenoxy) is 1. The van der Waals surface area contributed by atoms with Gasteiger partial charge in [-0.05, 0) is 30.9 Å². The van der Waals surface area contributed by atoms with Crippen molar-refractivity contribution in [1.29, 1.82) is 0 Å². The highest BCUT2D eigenvalue weighted by Gasteiger charge is 2.12. The molecular formula is C20H29F2N5O. The highest BCUT2D eigenvalue weighted by molar-refractivity contribution is 5.79. The lowest BCUT2D eigenvalue weighted by Crippen LogP contribution is -2.37. The fourth-order valence-electron chi connectivity index (χ4n) is 2.57. The number of hydrogen-bond donors (Lipinski definition) is 2. The second-order valence-corrected chi connectivity index (χ2v) is 6.95. The summed E-state index contributed by atoms with van der Waals surface area (Å²) < 4.78 is 32.6. The molecular weight excluding hydrogens is 364 g/mol. The van der Waals surface area contributed by atoms with Gasteiger partial charge >= 0.3 is 6.55 Å². The Labute approximate surface area is 165 Å². The van der Waals surface area contributed by atoms with Crippen molar-refractivity contribution in [2.75, 3.05) is 13.7 Å². The zero-order valence-electron chi connectivity index (χ0n) is 16.9. The van der Waals surface area contributed by atoms with Gasteiger partial charge in [0.15, 0.2) is 5.96 Å². The predicted molar refractivity (Wildman–Crippen MR) is 107 cm³/mol. The summed E-state index contributed by atoms with van der Waals surface area (Å²) in [5, 5.41) is 6.20. The van der Waals surface area contributed by atoms with Gasteiger partial charge in [-0.25, -0.2) is 4.98 Å². The normalized spacial score (nSPS) is 11.9. The number of nitrogens with one attached hydrogen (secondary N) is 2. The van der Waals surface area contributed by atoms with E-state index in [9.17, 15) is 8.78 Å². The summed E-state index contributed by atoms with van der Waals surface area (Å²) in [7, 11) is 1.63. The molecule has 6 nitrogen and oxygen atoms in total. The third-order valence-electron chi connectivity index (χ3n) is 4.22. The second kappa shape index (κ2) is 10.6. The van der Waals surface area contributed by atoms with Crippen molar-refractivity contribution in [2.24, 2.45) is 10.9 Å². The van der Waals surface area contributed by atoms with Gasteiger partial charge in [0.25, 0.3) is 0 Å². The van der Waals surface area contributed by atoms with Gasteiger partial charge in [0.2, 0.25) is 0 Å². The van der Waals surface area contributed by atoms with Gasteiger partial charge in [-0.3, -0.25) is 9.56 Å². The molecule has 0 radical (unpaired) electrons. The summed E-state index contributed by atoms with van der Waals surface area (Å²) in [6.07, 6.45) is 3.60. The Balaban J connectivity index is 1.94. The number of aryl methyl sites for hydroxylation is 1. The average molecular weight is 393 g/mol. The number of aliphatic imine (C=N–C) groups is 1. The van der Waals surface area contributed by atoms with Crippen molar-refractivity contribution in [3.8, 4) is 5.75 Å². The molecule has 0 saturated carbocycles. The van der Waals surface area contributed by atoms with Crippen molar-refractivity contribution in [2.45, 2.75) is 46.8 Å². The largest absolute Gasteiger partial charge is 0.493 e. The second-order valence-electron chi connectivity index (χ2n) is 6.95. The van der Waals surface area contributed by atoms with Crippen LogP contribution >= 0.6 is 0 Å². The molecule has 0 atom stereocenters. The number of rotatable bonds is 9. The first-order valence-corrected chi connectivity index (χ1v) is 9.37. The average Bonchev–Trinajstić information content (AvgIpc) is 3.12. The van der Waals surface area contributed by atoms with E-state index in [1.165, 1.54) is 12.4 Å². The van der Waals surface area contributed by atoms with E-state index in [0.717, 1.165) is 27.9 Å². The van der Waals surface area contributed by atoms with Crippen molar-refractivity contribution in [3.05, 3.63) is 47.5 Å². The summed E-state index contributed by atoms with van der Waals surface area (Å²) in [6.45, 7) is 5.04. The molecule has 0 bridgehead atoms. The smallest absolute Gasteiger partial charge is 0.319 e. The van der Waals surface area contributed by atoms with Gasteiger partial charge in [-0.15, -0.1) is 0 Å². The van der Waals surface area contributed by atoms with E-state index >= 15 is 0 Å². The van der Waals surface area contributed by atoms with Crippen LogP contribution in [0.25, 0.3) is 0 Å². The molecule has 0 spiro atoms. The molecule has 0 aliphatic heterocycles. The highest BCUT2D eigenvalue weighted by Crippen LogP contribution is 2.21. The van der Waals surface area contributed by atoms with E-state index in [1.807, 2.05) is 25.1 Å². The molecule has 1 aromatic heterocycles. The molecule has 2 N–H and O–H groups in total. The molecule has 2 aromatic rings. The van der Waals surface area contributed by atoms with Crippen molar-refractivity contribution in [3.63, 3.8) is 0 Å². The van der Waals surface area contributed by atoms with E-state index < -0.39 is 6.55 Å². The summed E-state index contributed by atoms with van der Waals surface area (Å²) in [6, 6.07) is 6.07. The number of alkyl halides is 2. The lowest BCUT2D eigenvalue weighted by Gasteiger charge is -2.16. The standard InChI is InChI=1S/C20H29F2N5O/c1-14(2)7-10-28-17-11-15(3)5-6-16(17)12-25-20(23-4)26-13-18-24-8-9-27(18)19(21)22/h5-6,8-9,11,14,19H,7,10,12-13H2,1-4H3,(H2,23,25,26). The maximum atomic E-state index is 12.9. The fraction of sp³-hybridized carbons (Fsp3) is 0.500. The topological polar surface area (TPSA) is 63.5 Å². The molecule has 8 heteroatoms. The zero-order chi connectivity index (χ0) is 20.5. The van der Waals surface area contributed by atoms with Crippen LogP contribution in [0.1, 0.15) is 43.8 Å². The Bertz CT molecular complexity index is 774. The molecule has 1 aromatic carbocycles. The van der Waals surface area contributed by atoms with E-state index in [2.05, 4.69) is 34.5 Å². The highest BCUT2D eigenvalue weighted by atomic mass is 19.3. The molecule has 2 rings (SSSR count). The Morgan fingerprint density at radius 3 is 2.68 bits per heavy atom. The molecule has 154 valence electrons. The van der Waals surface area contributed by atoms with E-state index in [-0.39, 0.29) is 12.4 Å². The number of halogens is 2. The van der Waals surface area contributed by atoms with E-state index in [4.69, 9.17) is 4.74 Å².